The number of rotatable bonds is 8. The van der Waals surface area contributed by atoms with Gasteiger partial charge in [-0.05, 0) is 65.2 Å². The van der Waals surface area contributed by atoms with E-state index in [4.69, 9.17) is 9.47 Å². The fraction of sp³-hybridized carbons (Fsp3) is 0.0938. The van der Waals surface area contributed by atoms with Crippen LogP contribution < -0.4 is 4.74 Å². The zero-order valence-corrected chi connectivity index (χ0v) is 20.4. The number of benzene rings is 4. The number of ether oxygens (including phenoxy) is 2. The third kappa shape index (κ3) is 6.65. The molecule has 0 aliphatic rings. The lowest BCUT2D eigenvalue weighted by Crippen LogP contribution is -2.06. The molecular formula is C32H24F2O4. The van der Waals surface area contributed by atoms with Crippen molar-refractivity contribution in [1.29, 1.82) is 0 Å². The van der Waals surface area contributed by atoms with E-state index in [1.54, 1.807) is 48.5 Å². The Balaban J connectivity index is 1.40. The summed E-state index contributed by atoms with van der Waals surface area (Å²) in [6, 6.07) is 23.8. The monoisotopic (exact) mass is 510 g/mol. The van der Waals surface area contributed by atoms with E-state index in [1.165, 1.54) is 12.1 Å². The molecule has 4 rings (SSSR count). The minimum Gasteiger partial charge on any atom is -0.508 e. The van der Waals surface area contributed by atoms with E-state index in [0.29, 0.717) is 29.9 Å². The molecule has 0 amide bonds. The highest BCUT2D eigenvalue weighted by molar-refractivity contribution is 5.81. The lowest BCUT2D eigenvalue weighted by molar-refractivity contribution is -0.137. The summed E-state index contributed by atoms with van der Waals surface area (Å²) in [5.74, 6) is 3.87. The summed E-state index contributed by atoms with van der Waals surface area (Å²) in [5, 5.41) is 9.43. The molecule has 0 spiro atoms. The van der Waals surface area contributed by atoms with Crippen LogP contribution in [0.3, 0.4) is 0 Å². The zero-order valence-electron chi connectivity index (χ0n) is 20.4. The molecule has 4 aromatic rings. The van der Waals surface area contributed by atoms with Gasteiger partial charge in [0.25, 0.3) is 0 Å². The number of phenolic OH excluding ortho intramolecular Hbond substituents is 1. The summed E-state index contributed by atoms with van der Waals surface area (Å²) >= 11 is 0. The average molecular weight is 511 g/mol. The normalized spacial score (nSPS) is 10.3. The van der Waals surface area contributed by atoms with E-state index < -0.39 is 17.6 Å². The van der Waals surface area contributed by atoms with Crippen LogP contribution in [0.1, 0.15) is 17.5 Å². The van der Waals surface area contributed by atoms with Crippen LogP contribution in [0.2, 0.25) is 0 Å². The lowest BCUT2D eigenvalue weighted by Gasteiger charge is -2.09. The molecule has 0 heterocycles. The highest BCUT2D eigenvalue weighted by Crippen LogP contribution is 2.28. The average Bonchev–Trinajstić information content (AvgIpc) is 2.95. The van der Waals surface area contributed by atoms with Gasteiger partial charge in [-0.15, -0.1) is 0 Å². The van der Waals surface area contributed by atoms with Crippen molar-refractivity contribution in [2.45, 2.75) is 6.42 Å². The highest BCUT2D eigenvalue weighted by atomic mass is 19.2. The van der Waals surface area contributed by atoms with Crippen LogP contribution in [-0.2, 0) is 9.53 Å². The standard InChI is InChI=1S/C32H24F2O4/c1-2-30(36)38-21-3-20-37-28-17-12-25(13-18-28)29-19-14-26(31(33)32(29)34)9-6-22-4-7-23(8-5-22)24-10-15-27(35)16-11-24/h2,4-5,7-8,10-19,35H,1,3,20-21H2. The second kappa shape index (κ2) is 12.4. The number of hydrogen-bond donors (Lipinski definition) is 1. The maximum atomic E-state index is 14.9. The Hall–Kier alpha value is -4.89. The Morgan fingerprint density at radius 1 is 0.789 bits per heavy atom. The Morgan fingerprint density at radius 3 is 2.08 bits per heavy atom. The van der Waals surface area contributed by atoms with Crippen molar-refractivity contribution in [1.82, 2.24) is 0 Å². The molecule has 0 aliphatic carbocycles. The second-order valence-corrected chi connectivity index (χ2v) is 8.26. The number of carbonyl (C=O) groups is 1. The van der Waals surface area contributed by atoms with Crippen molar-refractivity contribution in [3.8, 4) is 45.6 Å². The van der Waals surface area contributed by atoms with Gasteiger partial charge in [0.05, 0.1) is 18.8 Å². The van der Waals surface area contributed by atoms with Crippen molar-refractivity contribution < 1.29 is 28.2 Å². The van der Waals surface area contributed by atoms with E-state index in [2.05, 4.69) is 18.4 Å². The first-order chi connectivity index (χ1) is 18.4. The van der Waals surface area contributed by atoms with Gasteiger partial charge in [0, 0.05) is 23.6 Å². The molecule has 190 valence electrons. The molecule has 0 atom stereocenters. The largest absolute Gasteiger partial charge is 0.508 e. The Morgan fingerprint density at radius 2 is 1.42 bits per heavy atom. The SMILES string of the molecule is C=CC(=O)OCCCOc1ccc(-c2ccc(C#Cc3ccc(-c4ccc(O)cc4)cc3)c(F)c2F)cc1. The fourth-order valence-electron chi connectivity index (χ4n) is 3.62. The van der Waals surface area contributed by atoms with Crippen molar-refractivity contribution in [3.63, 3.8) is 0 Å². The lowest BCUT2D eigenvalue weighted by atomic mass is 10.0. The van der Waals surface area contributed by atoms with Gasteiger partial charge in [0.1, 0.15) is 11.5 Å². The molecule has 0 aliphatic heterocycles. The van der Waals surface area contributed by atoms with Crippen LogP contribution in [-0.4, -0.2) is 24.3 Å². The van der Waals surface area contributed by atoms with Gasteiger partial charge >= 0.3 is 5.97 Å². The van der Waals surface area contributed by atoms with Crippen molar-refractivity contribution in [2.75, 3.05) is 13.2 Å². The van der Waals surface area contributed by atoms with Crippen LogP contribution in [0.15, 0.2) is 97.6 Å². The summed E-state index contributed by atoms with van der Waals surface area (Å²) in [5.41, 5.74) is 3.13. The maximum Gasteiger partial charge on any atom is 0.330 e. The summed E-state index contributed by atoms with van der Waals surface area (Å²) in [4.78, 5) is 11.0. The van der Waals surface area contributed by atoms with E-state index in [9.17, 15) is 18.7 Å². The van der Waals surface area contributed by atoms with Gasteiger partial charge in [0.15, 0.2) is 11.6 Å². The molecule has 0 aromatic heterocycles. The summed E-state index contributed by atoms with van der Waals surface area (Å²) < 4.78 is 40.1. The van der Waals surface area contributed by atoms with Crippen molar-refractivity contribution in [2.24, 2.45) is 0 Å². The van der Waals surface area contributed by atoms with Crippen molar-refractivity contribution >= 4 is 5.97 Å². The molecule has 0 bridgehead atoms. The van der Waals surface area contributed by atoms with E-state index in [1.807, 2.05) is 24.3 Å². The van der Waals surface area contributed by atoms with Crippen molar-refractivity contribution in [3.05, 3.63) is 120 Å². The molecule has 6 heteroatoms. The quantitative estimate of drug-likeness (QED) is 0.121. The van der Waals surface area contributed by atoms with Gasteiger partial charge in [-0.25, -0.2) is 13.6 Å². The predicted octanol–water partition coefficient (Wildman–Crippen LogP) is 6.90. The predicted molar refractivity (Wildman–Crippen MR) is 143 cm³/mol. The van der Waals surface area contributed by atoms with Crippen LogP contribution in [0, 0.1) is 23.5 Å². The third-order valence-electron chi connectivity index (χ3n) is 5.64. The number of phenols is 1. The van der Waals surface area contributed by atoms with E-state index in [-0.39, 0.29) is 23.5 Å². The number of esters is 1. The first-order valence-corrected chi connectivity index (χ1v) is 11.9. The first kappa shape index (κ1) is 26.2. The summed E-state index contributed by atoms with van der Waals surface area (Å²) in [6.45, 7) is 3.87. The summed E-state index contributed by atoms with van der Waals surface area (Å²) in [6.07, 6.45) is 1.60. The molecule has 0 unspecified atom stereocenters. The molecular weight excluding hydrogens is 486 g/mol. The number of aromatic hydroxyl groups is 1. The number of carbonyl (C=O) groups excluding carboxylic acids is 1. The topological polar surface area (TPSA) is 55.8 Å². The molecule has 1 N–H and O–H groups in total. The maximum absolute atomic E-state index is 14.9. The van der Waals surface area contributed by atoms with Gasteiger partial charge in [-0.2, -0.15) is 0 Å². The fourth-order valence-corrected chi connectivity index (χ4v) is 3.62. The molecule has 0 fully saturated rings. The second-order valence-electron chi connectivity index (χ2n) is 8.26. The molecule has 0 radical (unpaired) electrons. The van der Waals surface area contributed by atoms with Gasteiger partial charge in [-0.3, -0.25) is 0 Å². The van der Waals surface area contributed by atoms with Crippen LogP contribution in [0.25, 0.3) is 22.3 Å². The van der Waals surface area contributed by atoms with Gasteiger partial charge < -0.3 is 14.6 Å². The molecule has 0 saturated carbocycles. The van der Waals surface area contributed by atoms with Crippen LogP contribution in [0.4, 0.5) is 8.78 Å². The third-order valence-corrected chi connectivity index (χ3v) is 5.64. The molecule has 0 saturated heterocycles. The minimum atomic E-state index is -1.01. The smallest absolute Gasteiger partial charge is 0.330 e. The minimum absolute atomic E-state index is 0.0361. The summed E-state index contributed by atoms with van der Waals surface area (Å²) in [7, 11) is 0. The highest BCUT2D eigenvalue weighted by Gasteiger charge is 2.14. The Kier molecular flexibility index (Phi) is 8.53. The van der Waals surface area contributed by atoms with Gasteiger partial charge in [-0.1, -0.05) is 54.8 Å². The molecule has 38 heavy (non-hydrogen) atoms. The first-order valence-electron chi connectivity index (χ1n) is 11.9. The molecule has 4 nitrogen and oxygen atoms in total. The van der Waals surface area contributed by atoms with E-state index >= 15 is 0 Å². The Labute approximate surface area is 219 Å². The number of hydrogen-bond acceptors (Lipinski definition) is 4. The van der Waals surface area contributed by atoms with Crippen LogP contribution in [0.5, 0.6) is 11.5 Å². The van der Waals surface area contributed by atoms with E-state index in [0.717, 1.165) is 17.2 Å². The van der Waals surface area contributed by atoms with Gasteiger partial charge in [0.2, 0.25) is 0 Å². The number of halogens is 2. The Bertz CT molecular complexity index is 1480. The zero-order chi connectivity index (χ0) is 26.9. The molecule has 4 aromatic carbocycles. The van der Waals surface area contributed by atoms with Crippen LogP contribution >= 0.6 is 0 Å².